The van der Waals surface area contributed by atoms with Crippen LogP contribution in [0.25, 0.3) is 0 Å². The van der Waals surface area contributed by atoms with Gasteiger partial charge in [0.05, 0.1) is 7.11 Å². The van der Waals surface area contributed by atoms with Crippen molar-refractivity contribution in [1.82, 2.24) is 15.5 Å². The van der Waals surface area contributed by atoms with Gasteiger partial charge in [-0.2, -0.15) is 0 Å². The van der Waals surface area contributed by atoms with Gasteiger partial charge in [0.15, 0.2) is 0 Å². The molecule has 56 heavy (non-hydrogen) atoms. The first-order valence-corrected chi connectivity index (χ1v) is 20.1. The monoisotopic (exact) mass is 841 g/mol. The lowest BCUT2D eigenvalue weighted by molar-refractivity contribution is -0.146. The third kappa shape index (κ3) is 15.6. The zero-order chi connectivity index (χ0) is 40.8. The van der Waals surface area contributed by atoms with E-state index in [2.05, 4.69) is 10.6 Å². The van der Waals surface area contributed by atoms with Crippen LogP contribution in [0.4, 0.5) is 4.79 Å². The first-order chi connectivity index (χ1) is 26.6. The number of benzene rings is 4. The molecule has 4 aromatic carbocycles. The van der Waals surface area contributed by atoms with Gasteiger partial charge in [0.25, 0.3) is 0 Å². The molecule has 1 aliphatic rings. The number of halogens is 4. The minimum absolute atomic E-state index is 0.0534. The number of alkyl carbamates (subject to hydrolysis) is 1. The van der Waals surface area contributed by atoms with E-state index in [0.29, 0.717) is 29.4 Å². The summed E-state index contributed by atoms with van der Waals surface area (Å²) in [5.74, 6) is -0.141. The molecule has 8 nitrogen and oxygen atoms in total. The molecule has 1 aliphatic heterocycles. The number of carbonyl (C=O) groups excluding carboxylic acids is 3. The Balaban J connectivity index is 0.000000264. The van der Waals surface area contributed by atoms with Crippen LogP contribution < -0.4 is 10.6 Å². The summed E-state index contributed by atoms with van der Waals surface area (Å²) >= 11 is 23.8. The molecular weight excluding hydrogens is 792 g/mol. The molecule has 300 valence electrons. The minimum atomic E-state index is -0.621. The summed E-state index contributed by atoms with van der Waals surface area (Å²) < 4.78 is 10.5. The lowest BCUT2D eigenvalue weighted by Gasteiger charge is -2.31. The number of hydrogen-bond donors (Lipinski definition) is 2. The SMILES string of the molecule is COC(=O)[C@H](Cc1ccc(Cl)cc1)N(C)CC(Cc1ccc(Cl)cc1)NC(=O)OC(C)(C)C.O=C1NC(Cc2ccc(Cl)cc2)CC[C@H]1Cc1ccc(Cl)cc1. The molecule has 1 fully saturated rings. The van der Waals surface area contributed by atoms with Crippen molar-refractivity contribution in [3.8, 4) is 0 Å². The molecule has 0 aromatic heterocycles. The fourth-order valence-electron chi connectivity index (χ4n) is 6.50. The topological polar surface area (TPSA) is 97.0 Å². The molecule has 4 atom stereocenters. The number of hydrogen-bond acceptors (Lipinski definition) is 6. The summed E-state index contributed by atoms with van der Waals surface area (Å²) in [7, 11) is 3.21. The Bertz CT molecular complexity index is 1850. The molecule has 1 heterocycles. The molecule has 1 saturated heterocycles. The van der Waals surface area contributed by atoms with Crippen LogP contribution in [0.15, 0.2) is 97.1 Å². The quantitative estimate of drug-likeness (QED) is 0.130. The zero-order valence-electron chi connectivity index (χ0n) is 32.5. The number of nitrogens with zero attached hydrogens (tertiary/aromatic N) is 1. The number of piperidine rings is 1. The van der Waals surface area contributed by atoms with Crippen molar-refractivity contribution in [2.75, 3.05) is 20.7 Å². The van der Waals surface area contributed by atoms with Crippen molar-refractivity contribution in [3.05, 3.63) is 139 Å². The molecule has 0 bridgehead atoms. The molecule has 0 saturated carbocycles. The van der Waals surface area contributed by atoms with Crippen LogP contribution in [-0.2, 0) is 44.7 Å². The maximum Gasteiger partial charge on any atom is 0.407 e. The molecule has 2 unspecified atom stereocenters. The molecule has 2 amide bonds. The second-order valence-electron chi connectivity index (χ2n) is 15.1. The van der Waals surface area contributed by atoms with Gasteiger partial charge in [-0.1, -0.05) is 94.9 Å². The molecular formula is C44H51Cl4N3O5. The summed E-state index contributed by atoms with van der Waals surface area (Å²) in [6, 6.07) is 29.7. The minimum Gasteiger partial charge on any atom is -0.468 e. The van der Waals surface area contributed by atoms with Crippen LogP contribution in [-0.4, -0.2) is 67.3 Å². The highest BCUT2D eigenvalue weighted by atomic mass is 35.5. The lowest BCUT2D eigenvalue weighted by Crippen LogP contribution is -2.50. The van der Waals surface area contributed by atoms with Gasteiger partial charge in [0.1, 0.15) is 11.6 Å². The Morgan fingerprint density at radius 3 is 1.62 bits per heavy atom. The van der Waals surface area contributed by atoms with Crippen molar-refractivity contribution < 1.29 is 23.9 Å². The first-order valence-electron chi connectivity index (χ1n) is 18.6. The van der Waals surface area contributed by atoms with Gasteiger partial charge in [-0.15, -0.1) is 0 Å². The Morgan fingerprint density at radius 1 is 0.732 bits per heavy atom. The van der Waals surface area contributed by atoms with E-state index in [1.165, 1.54) is 12.7 Å². The van der Waals surface area contributed by atoms with E-state index in [1.54, 1.807) is 12.1 Å². The summed E-state index contributed by atoms with van der Waals surface area (Å²) in [4.78, 5) is 39.3. The largest absolute Gasteiger partial charge is 0.468 e. The fourth-order valence-corrected chi connectivity index (χ4v) is 7.00. The molecule has 0 spiro atoms. The predicted octanol–water partition coefficient (Wildman–Crippen LogP) is 9.82. The smallest absolute Gasteiger partial charge is 0.407 e. The second-order valence-corrected chi connectivity index (χ2v) is 16.9. The third-order valence-corrected chi connectivity index (χ3v) is 10.4. The van der Waals surface area contributed by atoms with Gasteiger partial charge in [-0.25, -0.2) is 4.79 Å². The average Bonchev–Trinajstić information content (AvgIpc) is 3.14. The maximum absolute atomic E-state index is 12.6. The molecule has 2 N–H and O–H groups in total. The third-order valence-electron chi connectivity index (χ3n) is 9.34. The van der Waals surface area contributed by atoms with Gasteiger partial charge in [-0.05, 0) is 137 Å². The standard InChI is InChI=1S/C25H32Cl2N2O4.C19H19Cl2NO/c1-25(2,3)33-24(31)28-21(14-17-6-10-19(26)11-7-17)16-29(4)22(23(30)32-5)15-18-8-12-20(27)13-9-18;20-16-6-1-13(2-7-16)11-15-5-10-18(22-19(15)23)12-14-3-8-17(21)9-4-14/h6-13,21-22H,14-16H2,1-5H3,(H,28,31);1-4,6-9,15,18H,5,10-12H2,(H,22,23)/t21?,22-;15-,18?/m00/s1. The fraction of sp³-hybridized carbons (Fsp3) is 0.386. The van der Waals surface area contributed by atoms with Crippen molar-refractivity contribution in [2.24, 2.45) is 5.92 Å². The van der Waals surface area contributed by atoms with Gasteiger partial charge in [0.2, 0.25) is 5.91 Å². The number of likely N-dealkylation sites (N-methyl/N-ethyl adjacent to an activating group) is 1. The molecule has 0 aliphatic carbocycles. The van der Waals surface area contributed by atoms with Crippen molar-refractivity contribution in [1.29, 1.82) is 0 Å². The van der Waals surface area contributed by atoms with E-state index in [0.717, 1.165) is 52.4 Å². The number of amides is 2. The Hall–Kier alpha value is -3.79. The highest BCUT2D eigenvalue weighted by Gasteiger charge is 2.29. The van der Waals surface area contributed by atoms with Crippen LogP contribution in [0.3, 0.4) is 0 Å². The van der Waals surface area contributed by atoms with E-state index < -0.39 is 17.7 Å². The van der Waals surface area contributed by atoms with E-state index in [1.807, 2.05) is 118 Å². The van der Waals surface area contributed by atoms with Crippen LogP contribution in [0.1, 0.15) is 55.9 Å². The normalized spacial score (nSPS) is 16.5. The number of nitrogens with one attached hydrogen (secondary N) is 2. The number of ether oxygens (including phenoxy) is 2. The van der Waals surface area contributed by atoms with Crippen LogP contribution >= 0.6 is 46.4 Å². The van der Waals surface area contributed by atoms with E-state index in [9.17, 15) is 14.4 Å². The summed E-state index contributed by atoms with van der Waals surface area (Å²) in [5, 5.41) is 8.85. The first kappa shape index (κ1) is 44.9. The van der Waals surface area contributed by atoms with Crippen molar-refractivity contribution in [3.63, 3.8) is 0 Å². The molecule has 4 aromatic rings. The van der Waals surface area contributed by atoms with Crippen molar-refractivity contribution >= 4 is 64.4 Å². The van der Waals surface area contributed by atoms with E-state index in [-0.39, 0.29) is 29.9 Å². The van der Waals surface area contributed by atoms with Gasteiger partial charge in [-0.3, -0.25) is 14.5 Å². The Morgan fingerprint density at radius 2 is 1.18 bits per heavy atom. The van der Waals surface area contributed by atoms with E-state index >= 15 is 0 Å². The Labute approximate surface area is 351 Å². The number of rotatable bonds is 13. The lowest BCUT2D eigenvalue weighted by atomic mass is 9.87. The van der Waals surface area contributed by atoms with Gasteiger partial charge < -0.3 is 20.1 Å². The number of methoxy groups -OCH3 is 1. The van der Waals surface area contributed by atoms with Crippen LogP contribution in [0.5, 0.6) is 0 Å². The van der Waals surface area contributed by atoms with E-state index in [4.69, 9.17) is 55.9 Å². The zero-order valence-corrected chi connectivity index (χ0v) is 35.5. The Kier molecular flexibility index (Phi) is 17.4. The highest BCUT2D eigenvalue weighted by Crippen LogP contribution is 2.24. The van der Waals surface area contributed by atoms with Crippen LogP contribution in [0, 0.1) is 5.92 Å². The second kappa shape index (κ2) is 21.7. The highest BCUT2D eigenvalue weighted by molar-refractivity contribution is 6.31. The van der Waals surface area contributed by atoms with Gasteiger partial charge >= 0.3 is 12.1 Å². The number of carbonyl (C=O) groups is 3. The molecule has 12 heteroatoms. The average molecular weight is 844 g/mol. The summed E-state index contributed by atoms with van der Waals surface area (Å²) in [5.41, 5.74) is 3.70. The molecule has 0 radical (unpaired) electrons. The van der Waals surface area contributed by atoms with Crippen LogP contribution in [0.2, 0.25) is 20.1 Å². The predicted molar refractivity (Wildman–Crippen MR) is 227 cm³/mol. The summed E-state index contributed by atoms with van der Waals surface area (Å²) in [6.07, 6.45) is 4.03. The number of esters is 1. The summed E-state index contributed by atoms with van der Waals surface area (Å²) in [6.45, 7) is 5.83. The maximum atomic E-state index is 12.6. The van der Waals surface area contributed by atoms with Gasteiger partial charge in [0, 0.05) is 44.6 Å². The van der Waals surface area contributed by atoms with Crippen molar-refractivity contribution in [2.45, 2.75) is 83.0 Å². The molecule has 5 rings (SSSR count).